The first-order chi connectivity index (χ1) is 15.0. The van der Waals surface area contributed by atoms with E-state index in [0.29, 0.717) is 28.5 Å². The molecule has 1 amide bonds. The molecular formula is C25H23N3O3. The maximum absolute atomic E-state index is 13.4. The van der Waals surface area contributed by atoms with E-state index >= 15 is 0 Å². The Morgan fingerprint density at radius 2 is 1.65 bits per heavy atom. The van der Waals surface area contributed by atoms with Crippen LogP contribution in [0, 0.1) is 0 Å². The first-order valence-corrected chi connectivity index (χ1v) is 9.82. The fourth-order valence-electron chi connectivity index (χ4n) is 3.39. The number of amides is 1. The Labute approximate surface area is 181 Å². The van der Waals surface area contributed by atoms with Gasteiger partial charge in [-0.3, -0.25) is 9.69 Å². The largest absolute Gasteiger partial charge is 0.508 e. The number of amidine groups is 1. The molecule has 0 unspecified atom stereocenters. The van der Waals surface area contributed by atoms with Gasteiger partial charge in [0.15, 0.2) is 5.84 Å². The van der Waals surface area contributed by atoms with Gasteiger partial charge in [-0.2, -0.15) is 0 Å². The molecule has 1 heterocycles. The summed E-state index contributed by atoms with van der Waals surface area (Å²) in [6.07, 6.45) is 1.78. The fourth-order valence-corrected chi connectivity index (χ4v) is 3.39. The molecule has 0 spiro atoms. The number of phenols is 1. The van der Waals surface area contributed by atoms with E-state index in [4.69, 9.17) is 4.74 Å². The minimum atomic E-state index is -0.247. The third-order valence-corrected chi connectivity index (χ3v) is 5.03. The number of hydrogen-bond acceptors (Lipinski definition) is 5. The number of anilines is 2. The summed E-state index contributed by atoms with van der Waals surface area (Å²) < 4.78 is 5.50. The van der Waals surface area contributed by atoms with Crippen molar-refractivity contribution >= 4 is 29.2 Å². The lowest BCUT2D eigenvalue weighted by Gasteiger charge is -2.20. The second-order valence-corrected chi connectivity index (χ2v) is 7.31. The first kappa shape index (κ1) is 20.2. The Morgan fingerprint density at radius 1 is 0.968 bits per heavy atom. The summed E-state index contributed by atoms with van der Waals surface area (Å²) in [6, 6.07) is 21.8. The standard InChI is InChI=1S/C25H23N3O3/c1-27(2)18-10-8-17(9-11-18)16-22-25(30)28(19-12-14-20(29)15-13-19)24(26-22)21-6-4-5-7-23(21)31-3/h4-16,29H,1-3H3/b22-16+. The van der Waals surface area contributed by atoms with Gasteiger partial charge in [-0.25, -0.2) is 4.99 Å². The number of nitrogens with zero attached hydrogens (tertiary/aromatic N) is 3. The predicted octanol–water partition coefficient (Wildman–Crippen LogP) is 4.30. The van der Waals surface area contributed by atoms with Gasteiger partial charge in [0, 0.05) is 19.8 Å². The maximum atomic E-state index is 13.4. The Balaban J connectivity index is 1.81. The van der Waals surface area contributed by atoms with E-state index in [0.717, 1.165) is 11.3 Å². The monoisotopic (exact) mass is 413 g/mol. The zero-order valence-electron chi connectivity index (χ0n) is 17.6. The minimum absolute atomic E-state index is 0.128. The lowest BCUT2D eigenvalue weighted by molar-refractivity contribution is -0.113. The second kappa shape index (κ2) is 8.36. The zero-order valence-corrected chi connectivity index (χ0v) is 17.6. The van der Waals surface area contributed by atoms with Crippen molar-refractivity contribution in [1.29, 1.82) is 0 Å². The summed E-state index contributed by atoms with van der Waals surface area (Å²) in [5.41, 5.74) is 3.59. The van der Waals surface area contributed by atoms with Gasteiger partial charge in [0.25, 0.3) is 5.91 Å². The molecule has 4 rings (SSSR count). The highest BCUT2D eigenvalue weighted by Gasteiger charge is 2.33. The Kier molecular flexibility index (Phi) is 5.45. The van der Waals surface area contributed by atoms with E-state index in [-0.39, 0.29) is 11.7 Å². The summed E-state index contributed by atoms with van der Waals surface area (Å²) in [7, 11) is 5.55. The third kappa shape index (κ3) is 4.00. The van der Waals surface area contributed by atoms with E-state index in [1.807, 2.05) is 67.5 Å². The van der Waals surface area contributed by atoms with Crippen LogP contribution in [0.25, 0.3) is 6.08 Å². The van der Waals surface area contributed by atoms with Gasteiger partial charge in [0.05, 0.1) is 18.4 Å². The van der Waals surface area contributed by atoms with E-state index in [1.54, 1.807) is 37.5 Å². The molecule has 0 atom stereocenters. The lowest BCUT2D eigenvalue weighted by Crippen LogP contribution is -2.32. The van der Waals surface area contributed by atoms with Gasteiger partial charge in [0.2, 0.25) is 0 Å². The molecule has 0 radical (unpaired) electrons. The lowest BCUT2D eigenvalue weighted by atomic mass is 10.1. The average Bonchev–Trinajstić information content (AvgIpc) is 3.10. The summed E-state index contributed by atoms with van der Waals surface area (Å²) in [5, 5.41) is 9.67. The topological polar surface area (TPSA) is 65.4 Å². The van der Waals surface area contributed by atoms with Crippen molar-refractivity contribution in [3.05, 3.63) is 89.6 Å². The van der Waals surface area contributed by atoms with Gasteiger partial charge in [-0.15, -0.1) is 0 Å². The summed E-state index contributed by atoms with van der Waals surface area (Å²) in [6.45, 7) is 0. The van der Waals surface area contributed by atoms with Crippen molar-refractivity contribution in [2.24, 2.45) is 4.99 Å². The molecule has 0 saturated carbocycles. The van der Waals surface area contributed by atoms with Crippen molar-refractivity contribution in [3.8, 4) is 11.5 Å². The van der Waals surface area contributed by atoms with E-state index in [9.17, 15) is 9.90 Å². The van der Waals surface area contributed by atoms with Gasteiger partial charge in [-0.05, 0) is 60.2 Å². The van der Waals surface area contributed by atoms with Crippen molar-refractivity contribution in [2.75, 3.05) is 31.0 Å². The molecule has 0 aliphatic carbocycles. The van der Waals surface area contributed by atoms with E-state index < -0.39 is 0 Å². The van der Waals surface area contributed by atoms with E-state index in [2.05, 4.69) is 4.99 Å². The molecule has 6 heteroatoms. The number of carbonyl (C=O) groups excluding carboxylic acids is 1. The first-order valence-electron chi connectivity index (χ1n) is 9.82. The molecule has 3 aromatic carbocycles. The normalized spacial score (nSPS) is 14.7. The second-order valence-electron chi connectivity index (χ2n) is 7.31. The number of benzene rings is 3. The van der Waals surface area contributed by atoms with Crippen LogP contribution in [0.4, 0.5) is 11.4 Å². The van der Waals surface area contributed by atoms with E-state index in [1.165, 1.54) is 4.90 Å². The number of aromatic hydroxyl groups is 1. The van der Waals surface area contributed by atoms with Gasteiger partial charge in [0.1, 0.15) is 17.2 Å². The molecular weight excluding hydrogens is 390 g/mol. The summed E-state index contributed by atoms with van der Waals surface area (Å²) >= 11 is 0. The van der Waals surface area contributed by atoms with Gasteiger partial charge >= 0.3 is 0 Å². The van der Waals surface area contributed by atoms with Gasteiger partial charge < -0.3 is 14.7 Å². The van der Waals surface area contributed by atoms with Crippen molar-refractivity contribution < 1.29 is 14.6 Å². The predicted molar refractivity (Wildman–Crippen MR) is 124 cm³/mol. The molecule has 31 heavy (non-hydrogen) atoms. The number of phenolic OH excluding ortho intramolecular Hbond substituents is 1. The van der Waals surface area contributed by atoms with Crippen molar-refractivity contribution in [2.45, 2.75) is 0 Å². The number of para-hydroxylation sites is 1. The molecule has 1 aliphatic heterocycles. The SMILES string of the molecule is COc1ccccc1C1=N/C(=C/c2ccc(N(C)C)cc2)C(=O)N1c1ccc(O)cc1. The zero-order chi connectivity index (χ0) is 22.0. The number of rotatable bonds is 5. The Hall–Kier alpha value is -4.06. The molecule has 1 N–H and O–H groups in total. The Morgan fingerprint density at radius 3 is 2.29 bits per heavy atom. The molecule has 3 aromatic rings. The van der Waals surface area contributed by atoms with Crippen LogP contribution in [0.15, 0.2) is 83.5 Å². The highest BCUT2D eigenvalue weighted by atomic mass is 16.5. The van der Waals surface area contributed by atoms with Crippen LogP contribution in [0.2, 0.25) is 0 Å². The average molecular weight is 413 g/mol. The number of ether oxygens (including phenoxy) is 1. The van der Waals surface area contributed by atoms with Crippen LogP contribution < -0.4 is 14.5 Å². The highest BCUT2D eigenvalue weighted by Crippen LogP contribution is 2.32. The van der Waals surface area contributed by atoms with Crippen LogP contribution in [0.3, 0.4) is 0 Å². The summed E-state index contributed by atoms with van der Waals surface area (Å²) in [5.74, 6) is 0.977. The van der Waals surface area contributed by atoms with Crippen LogP contribution >= 0.6 is 0 Å². The van der Waals surface area contributed by atoms with Crippen molar-refractivity contribution in [1.82, 2.24) is 0 Å². The quantitative estimate of drug-likeness (QED) is 0.634. The van der Waals surface area contributed by atoms with Gasteiger partial charge in [-0.1, -0.05) is 24.3 Å². The molecule has 0 aromatic heterocycles. The highest BCUT2D eigenvalue weighted by molar-refractivity contribution is 6.33. The van der Waals surface area contributed by atoms with Crippen LogP contribution in [0.1, 0.15) is 11.1 Å². The fraction of sp³-hybridized carbons (Fsp3) is 0.120. The molecule has 156 valence electrons. The summed E-state index contributed by atoms with van der Waals surface area (Å²) in [4.78, 5) is 21.6. The minimum Gasteiger partial charge on any atom is -0.508 e. The molecule has 0 saturated heterocycles. The third-order valence-electron chi connectivity index (χ3n) is 5.03. The Bertz CT molecular complexity index is 1160. The molecule has 0 bridgehead atoms. The molecule has 0 fully saturated rings. The molecule has 1 aliphatic rings. The maximum Gasteiger partial charge on any atom is 0.282 e. The number of hydrogen-bond donors (Lipinski definition) is 1. The molecule has 6 nitrogen and oxygen atoms in total. The number of aliphatic imine (C=N–C) groups is 1. The number of carbonyl (C=O) groups is 1. The smallest absolute Gasteiger partial charge is 0.282 e. The van der Waals surface area contributed by atoms with Crippen LogP contribution in [-0.4, -0.2) is 38.1 Å². The van der Waals surface area contributed by atoms with Crippen LogP contribution in [-0.2, 0) is 4.79 Å². The van der Waals surface area contributed by atoms with Crippen LogP contribution in [0.5, 0.6) is 11.5 Å². The van der Waals surface area contributed by atoms with Crippen molar-refractivity contribution in [3.63, 3.8) is 0 Å². The number of methoxy groups -OCH3 is 1.